The average molecular weight is 328 g/mol. The van der Waals surface area contributed by atoms with Crippen LogP contribution < -0.4 is 0 Å². The Kier molecular flexibility index (Phi) is 4.97. The molecule has 2 aliphatic heterocycles. The molecule has 3 rings (SSSR count). The average Bonchev–Trinajstić information content (AvgIpc) is 2.88. The van der Waals surface area contributed by atoms with E-state index in [2.05, 4.69) is 0 Å². The molecule has 1 fully saturated rings. The molecule has 0 saturated carbocycles. The predicted molar refractivity (Wildman–Crippen MR) is 90.7 cm³/mol. The van der Waals surface area contributed by atoms with Gasteiger partial charge in [-0.3, -0.25) is 19.3 Å². The lowest BCUT2D eigenvalue weighted by Gasteiger charge is -2.33. The number of benzene rings is 1. The molecule has 0 aliphatic carbocycles. The van der Waals surface area contributed by atoms with Crippen molar-refractivity contribution in [2.45, 2.75) is 51.5 Å². The molecule has 3 amide bonds. The molecule has 5 heteroatoms. The molecule has 0 bridgehead atoms. The molecule has 24 heavy (non-hydrogen) atoms. The van der Waals surface area contributed by atoms with Crippen LogP contribution in [0.25, 0.3) is 0 Å². The first-order chi connectivity index (χ1) is 11.6. The van der Waals surface area contributed by atoms with Gasteiger partial charge in [0.25, 0.3) is 11.8 Å². The second kappa shape index (κ2) is 7.16. The van der Waals surface area contributed by atoms with Crippen LogP contribution in [0.15, 0.2) is 24.3 Å². The van der Waals surface area contributed by atoms with Gasteiger partial charge in [0.2, 0.25) is 5.91 Å². The molecule has 5 nitrogen and oxygen atoms in total. The number of amides is 3. The van der Waals surface area contributed by atoms with E-state index in [-0.39, 0.29) is 17.7 Å². The van der Waals surface area contributed by atoms with Crippen LogP contribution in [0.1, 0.15) is 66.2 Å². The van der Waals surface area contributed by atoms with Crippen LogP contribution in [-0.4, -0.2) is 46.7 Å². The highest BCUT2D eigenvalue weighted by Crippen LogP contribution is 2.27. The summed E-state index contributed by atoms with van der Waals surface area (Å²) in [6, 6.07) is 6.16. The van der Waals surface area contributed by atoms with Crippen LogP contribution in [0.4, 0.5) is 0 Å². The smallest absolute Gasteiger partial charge is 0.262 e. The highest BCUT2D eigenvalue weighted by molar-refractivity contribution is 6.22. The van der Waals surface area contributed by atoms with Gasteiger partial charge < -0.3 is 4.90 Å². The summed E-state index contributed by atoms with van der Waals surface area (Å²) in [5.41, 5.74) is 0.825. The number of hydrogen-bond acceptors (Lipinski definition) is 3. The Morgan fingerprint density at radius 1 is 1.04 bits per heavy atom. The number of unbranched alkanes of at least 4 members (excludes halogenated alkanes) is 1. The summed E-state index contributed by atoms with van der Waals surface area (Å²) in [6.07, 6.45) is 5.40. The molecule has 0 spiro atoms. The maximum absolute atomic E-state index is 13.0. The number of likely N-dealkylation sites (tertiary alicyclic amines) is 1. The Hall–Kier alpha value is -2.17. The first-order valence-electron chi connectivity index (χ1n) is 8.91. The van der Waals surface area contributed by atoms with E-state index >= 15 is 0 Å². The van der Waals surface area contributed by atoms with Crippen molar-refractivity contribution in [3.8, 4) is 0 Å². The molecule has 0 radical (unpaired) electrons. The Morgan fingerprint density at radius 3 is 2.17 bits per heavy atom. The molecule has 0 N–H and O–H groups in total. The Bertz CT molecular complexity index is 615. The van der Waals surface area contributed by atoms with Crippen LogP contribution in [-0.2, 0) is 4.79 Å². The van der Waals surface area contributed by atoms with Gasteiger partial charge in [-0.05, 0) is 37.8 Å². The molecule has 1 atom stereocenters. The van der Waals surface area contributed by atoms with Gasteiger partial charge in [0, 0.05) is 13.1 Å². The Balaban J connectivity index is 1.87. The summed E-state index contributed by atoms with van der Waals surface area (Å²) in [5.74, 6) is -0.734. The Morgan fingerprint density at radius 2 is 1.62 bits per heavy atom. The van der Waals surface area contributed by atoms with Gasteiger partial charge in [-0.15, -0.1) is 0 Å². The van der Waals surface area contributed by atoms with Crippen LogP contribution in [0, 0.1) is 0 Å². The zero-order valence-electron chi connectivity index (χ0n) is 14.2. The molecule has 128 valence electrons. The van der Waals surface area contributed by atoms with Crippen molar-refractivity contribution in [3.05, 3.63) is 35.4 Å². The van der Waals surface area contributed by atoms with Crippen LogP contribution in [0.3, 0.4) is 0 Å². The fourth-order valence-electron chi connectivity index (χ4n) is 3.58. The second-order valence-electron chi connectivity index (χ2n) is 6.57. The van der Waals surface area contributed by atoms with Crippen molar-refractivity contribution < 1.29 is 14.4 Å². The van der Waals surface area contributed by atoms with E-state index < -0.39 is 6.04 Å². The number of piperidine rings is 1. The van der Waals surface area contributed by atoms with Crippen LogP contribution in [0.2, 0.25) is 0 Å². The third kappa shape index (κ3) is 2.95. The van der Waals surface area contributed by atoms with E-state index in [0.717, 1.165) is 45.2 Å². The van der Waals surface area contributed by atoms with E-state index in [0.29, 0.717) is 17.5 Å². The molecule has 2 aliphatic rings. The molecule has 1 saturated heterocycles. The molecule has 0 aromatic heterocycles. The summed E-state index contributed by atoms with van der Waals surface area (Å²) >= 11 is 0. The molecular formula is C19H24N2O3. The number of nitrogens with zero attached hydrogens (tertiary/aromatic N) is 2. The van der Waals surface area contributed by atoms with Gasteiger partial charge >= 0.3 is 0 Å². The minimum Gasteiger partial charge on any atom is -0.341 e. The minimum atomic E-state index is -0.671. The van der Waals surface area contributed by atoms with Crippen molar-refractivity contribution >= 4 is 17.7 Å². The van der Waals surface area contributed by atoms with Crippen molar-refractivity contribution in [2.75, 3.05) is 13.1 Å². The Labute approximate surface area is 142 Å². The number of imide groups is 1. The lowest BCUT2D eigenvalue weighted by molar-refractivity contribution is -0.136. The minimum absolute atomic E-state index is 0.0716. The van der Waals surface area contributed by atoms with Crippen molar-refractivity contribution in [1.29, 1.82) is 0 Å². The molecule has 1 aromatic rings. The van der Waals surface area contributed by atoms with Crippen molar-refractivity contribution in [1.82, 2.24) is 9.80 Å². The molecule has 1 aromatic carbocycles. The van der Waals surface area contributed by atoms with Gasteiger partial charge in [0.1, 0.15) is 6.04 Å². The first-order valence-corrected chi connectivity index (χ1v) is 8.91. The summed E-state index contributed by atoms with van der Waals surface area (Å²) in [4.78, 5) is 41.5. The fraction of sp³-hybridized carbons (Fsp3) is 0.526. The monoisotopic (exact) mass is 328 g/mol. The number of rotatable bonds is 5. The third-order valence-electron chi connectivity index (χ3n) is 4.92. The zero-order chi connectivity index (χ0) is 17.1. The first kappa shape index (κ1) is 16.7. The number of carbonyl (C=O) groups is 3. The second-order valence-corrected chi connectivity index (χ2v) is 6.57. The van der Waals surface area contributed by atoms with Gasteiger partial charge in [0.05, 0.1) is 11.1 Å². The van der Waals surface area contributed by atoms with Crippen LogP contribution >= 0.6 is 0 Å². The van der Waals surface area contributed by atoms with E-state index in [4.69, 9.17) is 0 Å². The summed E-state index contributed by atoms with van der Waals surface area (Å²) in [6.45, 7) is 3.50. The summed E-state index contributed by atoms with van der Waals surface area (Å²) < 4.78 is 0. The summed E-state index contributed by atoms with van der Waals surface area (Å²) in [7, 11) is 0. The SMILES string of the molecule is CCCC[C@H](C(=O)N1CCCCC1)N1C(=O)c2ccccc2C1=O. The predicted octanol–water partition coefficient (Wildman–Crippen LogP) is 2.85. The standard InChI is InChI=1S/C19H24N2O3/c1-2-3-11-16(19(24)20-12-7-4-8-13-20)21-17(22)14-9-5-6-10-15(14)18(21)23/h5-6,9-10,16H,2-4,7-8,11-13H2,1H3/t16-/m1/s1. The lowest BCUT2D eigenvalue weighted by atomic mass is 10.0. The van der Waals surface area contributed by atoms with E-state index in [9.17, 15) is 14.4 Å². The molecular weight excluding hydrogens is 304 g/mol. The number of hydrogen-bond donors (Lipinski definition) is 0. The molecule has 0 unspecified atom stereocenters. The van der Waals surface area contributed by atoms with Crippen molar-refractivity contribution in [2.24, 2.45) is 0 Å². The highest BCUT2D eigenvalue weighted by Gasteiger charge is 2.43. The highest BCUT2D eigenvalue weighted by atomic mass is 16.2. The lowest BCUT2D eigenvalue weighted by Crippen LogP contribution is -2.52. The van der Waals surface area contributed by atoms with E-state index in [1.165, 1.54) is 4.90 Å². The topological polar surface area (TPSA) is 57.7 Å². The molecule has 2 heterocycles. The van der Waals surface area contributed by atoms with Gasteiger partial charge in [0.15, 0.2) is 0 Å². The maximum atomic E-state index is 13.0. The quantitative estimate of drug-likeness (QED) is 0.781. The number of fused-ring (bicyclic) bond motifs is 1. The van der Waals surface area contributed by atoms with E-state index in [1.807, 2.05) is 11.8 Å². The fourth-order valence-corrected chi connectivity index (χ4v) is 3.58. The van der Waals surface area contributed by atoms with Gasteiger partial charge in [-0.1, -0.05) is 31.9 Å². The van der Waals surface area contributed by atoms with Gasteiger partial charge in [-0.2, -0.15) is 0 Å². The van der Waals surface area contributed by atoms with Crippen LogP contribution in [0.5, 0.6) is 0 Å². The van der Waals surface area contributed by atoms with E-state index in [1.54, 1.807) is 24.3 Å². The largest absolute Gasteiger partial charge is 0.341 e. The van der Waals surface area contributed by atoms with Gasteiger partial charge in [-0.25, -0.2) is 0 Å². The number of carbonyl (C=O) groups excluding carboxylic acids is 3. The zero-order valence-corrected chi connectivity index (χ0v) is 14.2. The summed E-state index contributed by atoms with van der Waals surface area (Å²) in [5, 5.41) is 0. The third-order valence-corrected chi connectivity index (χ3v) is 4.92. The van der Waals surface area contributed by atoms with Crippen molar-refractivity contribution in [3.63, 3.8) is 0 Å². The normalized spacial score (nSPS) is 18.7. The maximum Gasteiger partial charge on any atom is 0.262 e.